The molecule has 0 atom stereocenters. The van der Waals surface area contributed by atoms with Gasteiger partial charge in [-0.3, -0.25) is 4.79 Å². The maximum atomic E-state index is 11.6. The number of aryl methyl sites for hydroxylation is 2. The summed E-state index contributed by atoms with van der Waals surface area (Å²) in [5.74, 6) is 0.161. The van der Waals surface area contributed by atoms with E-state index < -0.39 is 0 Å². The molecule has 0 aliphatic carbocycles. The quantitative estimate of drug-likeness (QED) is 0.576. The maximum Gasteiger partial charge on any atom is 0.220 e. The summed E-state index contributed by atoms with van der Waals surface area (Å²) in [6.45, 7) is 2.88. The van der Waals surface area contributed by atoms with E-state index in [4.69, 9.17) is 0 Å². The zero-order valence-corrected chi connectivity index (χ0v) is 12.6. The predicted octanol–water partition coefficient (Wildman–Crippen LogP) is 3.61. The highest BCUT2D eigenvalue weighted by atomic mass is 79.9. The van der Waals surface area contributed by atoms with Crippen molar-refractivity contribution in [2.75, 3.05) is 11.9 Å². The van der Waals surface area contributed by atoms with Gasteiger partial charge in [0.1, 0.15) is 0 Å². The number of carbonyl (C=O) groups excluding carboxylic acids is 1. The lowest BCUT2D eigenvalue weighted by Gasteiger charge is -2.05. The van der Waals surface area contributed by atoms with Crippen LogP contribution in [0.4, 0.5) is 0 Å². The second-order valence-electron chi connectivity index (χ2n) is 4.59. The first-order valence-electron chi connectivity index (χ1n) is 6.60. The summed E-state index contributed by atoms with van der Waals surface area (Å²) in [4.78, 5) is 11.6. The van der Waals surface area contributed by atoms with Gasteiger partial charge in [0, 0.05) is 18.3 Å². The molecule has 18 heavy (non-hydrogen) atoms. The van der Waals surface area contributed by atoms with Crippen molar-refractivity contribution in [2.45, 2.75) is 39.0 Å². The van der Waals surface area contributed by atoms with E-state index in [9.17, 15) is 4.79 Å². The van der Waals surface area contributed by atoms with E-state index in [1.54, 1.807) is 0 Å². The number of carbonyl (C=O) groups is 1. The Kier molecular flexibility index (Phi) is 7.74. The Morgan fingerprint density at radius 3 is 2.56 bits per heavy atom. The van der Waals surface area contributed by atoms with Crippen LogP contribution >= 0.6 is 15.9 Å². The topological polar surface area (TPSA) is 29.1 Å². The summed E-state index contributed by atoms with van der Waals surface area (Å²) >= 11 is 3.40. The Morgan fingerprint density at radius 2 is 1.89 bits per heavy atom. The monoisotopic (exact) mass is 311 g/mol. The molecule has 0 aromatic heterocycles. The Balaban J connectivity index is 2.11. The number of halogens is 1. The third-order valence-corrected chi connectivity index (χ3v) is 3.45. The van der Waals surface area contributed by atoms with Gasteiger partial charge in [-0.05, 0) is 31.7 Å². The van der Waals surface area contributed by atoms with Gasteiger partial charge in [0.15, 0.2) is 0 Å². The van der Waals surface area contributed by atoms with Crippen molar-refractivity contribution in [3.8, 4) is 0 Å². The average Bonchev–Trinajstić information content (AvgIpc) is 2.38. The van der Waals surface area contributed by atoms with Crippen molar-refractivity contribution < 1.29 is 4.79 Å². The van der Waals surface area contributed by atoms with Crippen molar-refractivity contribution >= 4 is 21.8 Å². The Hall–Kier alpha value is -0.830. The van der Waals surface area contributed by atoms with Crippen LogP contribution in [0.3, 0.4) is 0 Å². The molecule has 1 N–H and O–H groups in total. The minimum Gasteiger partial charge on any atom is -0.356 e. The molecule has 1 aromatic carbocycles. The lowest BCUT2D eigenvalue weighted by Crippen LogP contribution is -2.24. The van der Waals surface area contributed by atoms with Gasteiger partial charge in [-0.15, -0.1) is 0 Å². The summed E-state index contributed by atoms with van der Waals surface area (Å²) in [5, 5.41) is 4.02. The van der Waals surface area contributed by atoms with Gasteiger partial charge in [0.05, 0.1) is 0 Å². The highest BCUT2D eigenvalue weighted by molar-refractivity contribution is 9.09. The molecular weight excluding hydrogens is 290 g/mol. The van der Waals surface area contributed by atoms with Gasteiger partial charge < -0.3 is 5.32 Å². The molecule has 0 saturated heterocycles. The molecule has 0 aliphatic rings. The lowest BCUT2D eigenvalue weighted by atomic mass is 10.1. The van der Waals surface area contributed by atoms with Gasteiger partial charge in [-0.25, -0.2) is 0 Å². The number of hydrogen-bond donors (Lipinski definition) is 1. The first-order valence-corrected chi connectivity index (χ1v) is 7.72. The Labute approximate surface area is 118 Å². The number of nitrogens with one attached hydrogen (secondary N) is 1. The molecule has 0 heterocycles. The molecule has 0 spiro atoms. The molecule has 100 valence electrons. The average molecular weight is 312 g/mol. The molecule has 0 radical (unpaired) electrons. The number of unbranched alkanes of at least 4 members (excludes halogenated alkanes) is 2. The largest absolute Gasteiger partial charge is 0.356 e. The van der Waals surface area contributed by atoms with Gasteiger partial charge in [-0.2, -0.15) is 0 Å². The molecule has 0 fully saturated rings. The number of amides is 1. The van der Waals surface area contributed by atoms with Crippen LogP contribution in [0.5, 0.6) is 0 Å². The molecule has 3 heteroatoms. The number of hydrogen-bond acceptors (Lipinski definition) is 1. The highest BCUT2D eigenvalue weighted by Crippen LogP contribution is 2.05. The molecule has 0 unspecified atom stereocenters. The summed E-state index contributed by atoms with van der Waals surface area (Å²) in [6, 6.07) is 8.37. The highest BCUT2D eigenvalue weighted by Gasteiger charge is 2.01. The second kappa shape index (κ2) is 9.15. The number of benzene rings is 1. The minimum atomic E-state index is 0.161. The van der Waals surface area contributed by atoms with Crippen LogP contribution in [0, 0.1) is 6.92 Å². The normalized spacial score (nSPS) is 10.3. The van der Waals surface area contributed by atoms with Crippen LogP contribution in [-0.4, -0.2) is 17.8 Å². The Morgan fingerprint density at radius 1 is 1.17 bits per heavy atom. The first-order chi connectivity index (χ1) is 8.72. The molecule has 0 bridgehead atoms. The zero-order chi connectivity index (χ0) is 13.2. The van der Waals surface area contributed by atoms with Crippen molar-refractivity contribution in [3.05, 3.63) is 35.4 Å². The fourth-order valence-electron chi connectivity index (χ4n) is 1.73. The third-order valence-electron chi connectivity index (χ3n) is 2.89. The predicted molar refractivity (Wildman–Crippen MR) is 80.2 cm³/mol. The minimum absolute atomic E-state index is 0.161. The van der Waals surface area contributed by atoms with Crippen molar-refractivity contribution in [1.82, 2.24) is 5.32 Å². The van der Waals surface area contributed by atoms with E-state index in [0.29, 0.717) is 6.42 Å². The standard InChI is InChI=1S/C15H22BrNO/c1-13-5-7-14(8-6-13)9-10-15(18)17-12-4-2-3-11-16/h5-8H,2-4,9-12H2,1H3,(H,17,18). The summed E-state index contributed by atoms with van der Waals surface area (Å²) < 4.78 is 0. The maximum absolute atomic E-state index is 11.6. The number of alkyl halides is 1. The van der Waals surface area contributed by atoms with Crippen LogP contribution in [0.2, 0.25) is 0 Å². The van der Waals surface area contributed by atoms with Crippen LogP contribution < -0.4 is 5.32 Å². The fraction of sp³-hybridized carbons (Fsp3) is 0.533. The molecule has 1 rings (SSSR count). The van der Waals surface area contributed by atoms with E-state index in [1.807, 2.05) is 0 Å². The van der Waals surface area contributed by atoms with Crippen LogP contribution in [0.25, 0.3) is 0 Å². The van der Waals surface area contributed by atoms with Crippen molar-refractivity contribution in [2.24, 2.45) is 0 Å². The van der Waals surface area contributed by atoms with E-state index in [0.717, 1.165) is 24.7 Å². The molecular formula is C15H22BrNO. The van der Waals surface area contributed by atoms with E-state index >= 15 is 0 Å². The summed E-state index contributed by atoms with van der Waals surface area (Å²) in [7, 11) is 0. The molecule has 0 aliphatic heterocycles. The summed E-state index contributed by atoms with van der Waals surface area (Å²) in [6.07, 6.45) is 4.83. The number of rotatable bonds is 8. The van der Waals surface area contributed by atoms with Crippen LogP contribution in [0.15, 0.2) is 24.3 Å². The second-order valence-corrected chi connectivity index (χ2v) is 5.38. The zero-order valence-electron chi connectivity index (χ0n) is 11.0. The van der Waals surface area contributed by atoms with Crippen LogP contribution in [0.1, 0.15) is 36.8 Å². The Bertz CT molecular complexity index is 348. The van der Waals surface area contributed by atoms with E-state index in [1.165, 1.54) is 24.0 Å². The van der Waals surface area contributed by atoms with Gasteiger partial charge in [0.2, 0.25) is 5.91 Å². The van der Waals surface area contributed by atoms with Crippen LogP contribution in [-0.2, 0) is 11.2 Å². The first kappa shape index (κ1) is 15.2. The van der Waals surface area contributed by atoms with E-state index in [-0.39, 0.29) is 5.91 Å². The molecule has 0 saturated carbocycles. The molecule has 2 nitrogen and oxygen atoms in total. The third kappa shape index (κ3) is 6.80. The van der Waals surface area contributed by atoms with Gasteiger partial charge in [0.25, 0.3) is 0 Å². The van der Waals surface area contributed by atoms with Crippen molar-refractivity contribution in [1.29, 1.82) is 0 Å². The van der Waals surface area contributed by atoms with Gasteiger partial charge >= 0.3 is 0 Å². The molecule has 1 amide bonds. The summed E-state index contributed by atoms with van der Waals surface area (Å²) in [5.41, 5.74) is 2.49. The van der Waals surface area contributed by atoms with Gasteiger partial charge in [-0.1, -0.05) is 52.2 Å². The fourth-order valence-corrected chi connectivity index (χ4v) is 2.12. The SMILES string of the molecule is Cc1ccc(CCC(=O)NCCCCCBr)cc1. The van der Waals surface area contributed by atoms with E-state index in [2.05, 4.69) is 52.4 Å². The molecule has 1 aromatic rings. The lowest BCUT2D eigenvalue weighted by molar-refractivity contribution is -0.121. The smallest absolute Gasteiger partial charge is 0.220 e. The van der Waals surface area contributed by atoms with Crippen molar-refractivity contribution in [3.63, 3.8) is 0 Å².